The lowest BCUT2D eigenvalue weighted by molar-refractivity contribution is -0.136. The molecule has 1 atom stereocenters. The van der Waals surface area contributed by atoms with Gasteiger partial charge in [-0.25, -0.2) is 4.79 Å². The summed E-state index contributed by atoms with van der Waals surface area (Å²) < 4.78 is 8.40. The molecule has 1 aromatic carbocycles. The second kappa shape index (κ2) is 12.7. The number of rotatable bonds is 7. The second-order valence-electron chi connectivity index (χ2n) is 9.04. The molecule has 0 spiro atoms. The van der Waals surface area contributed by atoms with Gasteiger partial charge in [-0.3, -0.25) is 14.2 Å². The smallest absolute Gasteiger partial charge is 0.409 e. The largest absolute Gasteiger partial charge is 0.450 e. The quantitative estimate of drug-likeness (QED) is 0.388. The van der Waals surface area contributed by atoms with Crippen LogP contribution in [0, 0.1) is 6.92 Å². The van der Waals surface area contributed by atoms with Crippen molar-refractivity contribution < 1.29 is 14.3 Å². The average Bonchev–Trinajstić information content (AvgIpc) is 3.50. The molecule has 2 aromatic heterocycles. The lowest BCUT2D eigenvalue weighted by Crippen LogP contribution is -2.52. The predicted octanol–water partition coefficient (Wildman–Crippen LogP) is 4.41. The minimum absolute atomic E-state index is 0.0681. The summed E-state index contributed by atoms with van der Waals surface area (Å²) in [4.78, 5) is 28.4. The zero-order valence-corrected chi connectivity index (χ0v) is 24.2. The van der Waals surface area contributed by atoms with E-state index in [2.05, 4.69) is 20.8 Å². The zero-order valence-electron chi connectivity index (χ0n) is 21.9. The summed E-state index contributed by atoms with van der Waals surface area (Å²) in [6.07, 6.45) is 4.89. The van der Waals surface area contributed by atoms with Crippen molar-refractivity contribution in [2.75, 3.05) is 43.4 Å². The van der Waals surface area contributed by atoms with Crippen LogP contribution in [-0.2, 0) is 16.1 Å². The first-order chi connectivity index (χ1) is 18.6. The van der Waals surface area contributed by atoms with Gasteiger partial charge in [0, 0.05) is 48.6 Å². The van der Waals surface area contributed by atoms with Crippen molar-refractivity contribution >= 4 is 63.9 Å². The van der Waals surface area contributed by atoms with Crippen molar-refractivity contribution in [3.05, 3.63) is 58.1 Å². The van der Waals surface area contributed by atoms with E-state index in [1.807, 2.05) is 19.2 Å². The van der Waals surface area contributed by atoms with Crippen molar-refractivity contribution in [3.8, 4) is 0 Å². The summed E-state index contributed by atoms with van der Waals surface area (Å²) in [5.74, 6) is -0.0681. The van der Waals surface area contributed by atoms with Gasteiger partial charge in [-0.1, -0.05) is 29.3 Å². The highest BCUT2D eigenvalue weighted by molar-refractivity contribution is 7.80. The Bertz CT molecular complexity index is 1350. The molecule has 0 radical (unpaired) electrons. The number of hydrogen-bond acceptors (Lipinski definition) is 6. The maximum Gasteiger partial charge on any atom is 0.409 e. The first-order valence-electron chi connectivity index (χ1n) is 12.4. The molecule has 0 bridgehead atoms. The van der Waals surface area contributed by atoms with Crippen molar-refractivity contribution in [3.63, 3.8) is 0 Å². The van der Waals surface area contributed by atoms with Crippen LogP contribution in [0.1, 0.15) is 31.1 Å². The molecule has 0 aliphatic carbocycles. The van der Waals surface area contributed by atoms with E-state index in [4.69, 9.17) is 40.2 Å². The molecule has 1 aliphatic rings. The van der Waals surface area contributed by atoms with E-state index in [0.29, 0.717) is 71.6 Å². The number of ether oxygens (including phenoxy) is 1. The van der Waals surface area contributed by atoms with Crippen LogP contribution in [0.2, 0.25) is 10.0 Å². The standard InChI is InChI=1S/C25H30Cl2N8O3S/c1-4-38-25(37)33-9-7-32(8-10-33)23(36)17(3)35-15-22(16(2)31-35)30-24(39)29-20-12-28-34(14-20)13-18-5-6-19(26)11-21(18)27/h5-6,11-12,14-15,17H,4,7-10,13H2,1-3H3,(H2,29,30,39). The van der Waals surface area contributed by atoms with Gasteiger partial charge < -0.3 is 25.2 Å². The van der Waals surface area contributed by atoms with Crippen LogP contribution in [0.4, 0.5) is 16.2 Å². The molecule has 1 aliphatic heterocycles. The summed E-state index contributed by atoms with van der Waals surface area (Å²) in [5.41, 5.74) is 2.97. The van der Waals surface area contributed by atoms with Gasteiger partial charge >= 0.3 is 6.09 Å². The SMILES string of the molecule is CCOC(=O)N1CCN(C(=O)C(C)n2cc(NC(=S)Nc3cnn(Cc4ccc(Cl)cc4Cl)c3)c(C)n2)CC1. The fraction of sp³-hybridized carbons (Fsp3) is 0.400. The third-order valence-electron chi connectivity index (χ3n) is 6.27. The Labute approximate surface area is 242 Å². The first kappa shape index (κ1) is 28.7. The molecule has 1 unspecified atom stereocenters. The lowest BCUT2D eigenvalue weighted by Gasteiger charge is -2.35. The van der Waals surface area contributed by atoms with Crippen LogP contribution < -0.4 is 10.6 Å². The minimum atomic E-state index is -0.521. The highest BCUT2D eigenvalue weighted by Crippen LogP contribution is 2.22. The van der Waals surface area contributed by atoms with Crippen LogP contribution in [0.5, 0.6) is 0 Å². The minimum Gasteiger partial charge on any atom is -0.450 e. The van der Waals surface area contributed by atoms with E-state index in [1.165, 1.54) is 0 Å². The number of benzene rings is 1. The molecule has 0 saturated carbocycles. The fourth-order valence-corrected chi connectivity index (χ4v) is 4.82. The van der Waals surface area contributed by atoms with Gasteiger partial charge in [-0.15, -0.1) is 0 Å². The number of amides is 2. The summed E-state index contributed by atoms with van der Waals surface area (Å²) in [6, 6.07) is 4.82. The van der Waals surface area contributed by atoms with Crippen molar-refractivity contribution in [2.24, 2.45) is 0 Å². The van der Waals surface area contributed by atoms with E-state index in [-0.39, 0.29) is 12.0 Å². The number of hydrogen-bond donors (Lipinski definition) is 2. The third-order valence-corrected chi connectivity index (χ3v) is 7.07. The number of anilines is 2. The molecule has 208 valence electrons. The van der Waals surface area contributed by atoms with E-state index in [1.54, 1.807) is 57.5 Å². The average molecular weight is 594 g/mol. The number of piperazine rings is 1. The molecule has 2 amide bonds. The van der Waals surface area contributed by atoms with E-state index in [0.717, 1.165) is 5.56 Å². The van der Waals surface area contributed by atoms with Crippen molar-refractivity contribution in [1.29, 1.82) is 0 Å². The Hall–Kier alpha value is -3.35. The Kier molecular flexibility index (Phi) is 9.31. The van der Waals surface area contributed by atoms with Gasteiger partial charge in [-0.05, 0) is 50.7 Å². The van der Waals surface area contributed by atoms with Gasteiger partial charge in [0.1, 0.15) is 6.04 Å². The Morgan fingerprint density at radius 1 is 1.13 bits per heavy atom. The number of nitrogens with one attached hydrogen (secondary N) is 2. The number of thiocarbonyl (C=S) groups is 1. The van der Waals surface area contributed by atoms with Gasteiger partial charge in [0.05, 0.1) is 36.4 Å². The summed E-state index contributed by atoms with van der Waals surface area (Å²) >= 11 is 17.7. The number of carbonyl (C=O) groups is 2. The molecule has 11 nitrogen and oxygen atoms in total. The molecule has 14 heteroatoms. The number of carbonyl (C=O) groups excluding carboxylic acids is 2. The maximum absolute atomic E-state index is 13.1. The number of aromatic nitrogens is 4. The Morgan fingerprint density at radius 2 is 1.85 bits per heavy atom. The first-order valence-corrected chi connectivity index (χ1v) is 13.6. The van der Waals surface area contributed by atoms with Crippen LogP contribution >= 0.6 is 35.4 Å². The monoisotopic (exact) mass is 592 g/mol. The van der Waals surface area contributed by atoms with E-state index < -0.39 is 6.04 Å². The summed E-state index contributed by atoms with van der Waals surface area (Å²) in [5, 5.41) is 16.6. The molecular weight excluding hydrogens is 563 g/mol. The highest BCUT2D eigenvalue weighted by atomic mass is 35.5. The third kappa shape index (κ3) is 7.20. The molecule has 3 aromatic rings. The van der Waals surface area contributed by atoms with Gasteiger partial charge in [0.15, 0.2) is 5.11 Å². The number of nitrogens with zero attached hydrogens (tertiary/aromatic N) is 6. The number of halogens is 2. The van der Waals surface area contributed by atoms with Crippen molar-refractivity contribution in [1.82, 2.24) is 29.4 Å². The molecular formula is C25H30Cl2N8O3S. The molecule has 39 heavy (non-hydrogen) atoms. The second-order valence-corrected chi connectivity index (χ2v) is 10.3. The summed E-state index contributed by atoms with van der Waals surface area (Å²) in [6.45, 7) is 7.97. The van der Waals surface area contributed by atoms with Crippen LogP contribution in [-0.4, -0.2) is 79.3 Å². The molecule has 1 saturated heterocycles. The summed E-state index contributed by atoms with van der Waals surface area (Å²) in [7, 11) is 0. The van der Waals surface area contributed by atoms with E-state index in [9.17, 15) is 9.59 Å². The lowest BCUT2D eigenvalue weighted by atomic mass is 10.2. The van der Waals surface area contributed by atoms with Gasteiger partial charge in [0.2, 0.25) is 5.91 Å². The Morgan fingerprint density at radius 3 is 2.54 bits per heavy atom. The maximum atomic E-state index is 13.1. The number of aryl methyl sites for hydroxylation is 1. The Balaban J connectivity index is 1.31. The normalized spacial score (nSPS) is 14.2. The molecule has 2 N–H and O–H groups in total. The molecule has 1 fully saturated rings. The van der Waals surface area contributed by atoms with Gasteiger partial charge in [0.25, 0.3) is 0 Å². The van der Waals surface area contributed by atoms with Crippen LogP contribution in [0.25, 0.3) is 0 Å². The van der Waals surface area contributed by atoms with Crippen molar-refractivity contribution in [2.45, 2.75) is 33.4 Å². The fourth-order valence-electron chi connectivity index (χ4n) is 4.13. The van der Waals surface area contributed by atoms with Gasteiger partial charge in [-0.2, -0.15) is 10.2 Å². The highest BCUT2D eigenvalue weighted by Gasteiger charge is 2.29. The molecule has 3 heterocycles. The zero-order chi connectivity index (χ0) is 28.1. The van der Waals surface area contributed by atoms with Crippen LogP contribution in [0.15, 0.2) is 36.8 Å². The topological polar surface area (TPSA) is 110 Å². The van der Waals surface area contributed by atoms with E-state index >= 15 is 0 Å². The molecule has 4 rings (SSSR count). The predicted molar refractivity (Wildman–Crippen MR) is 154 cm³/mol. The van der Waals surface area contributed by atoms with Crippen LogP contribution in [0.3, 0.4) is 0 Å².